The Labute approximate surface area is 223 Å². The first-order valence-corrected chi connectivity index (χ1v) is 13.4. The van der Waals surface area contributed by atoms with Gasteiger partial charge in [-0.05, 0) is 61.0 Å². The minimum Gasteiger partial charge on any atom is -0.454 e. The molecule has 0 radical (unpaired) electrons. The van der Waals surface area contributed by atoms with Gasteiger partial charge in [0.25, 0.3) is 0 Å². The summed E-state index contributed by atoms with van der Waals surface area (Å²) in [6.45, 7) is 3.03. The highest BCUT2D eigenvalue weighted by Crippen LogP contribution is 2.39. The van der Waals surface area contributed by atoms with Gasteiger partial charge < -0.3 is 19.5 Å². The molecule has 2 aromatic carbocycles. The van der Waals surface area contributed by atoms with Gasteiger partial charge >= 0.3 is 0 Å². The average Bonchev–Trinajstić information content (AvgIpc) is 3.74. The van der Waals surface area contributed by atoms with Crippen LogP contribution in [0.15, 0.2) is 53.9 Å². The van der Waals surface area contributed by atoms with Crippen LogP contribution in [-0.4, -0.2) is 52.9 Å². The molecule has 196 valence electrons. The Morgan fingerprint density at radius 2 is 2.05 bits per heavy atom. The molecule has 2 unspecified atom stereocenters. The Kier molecular flexibility index (Phi) is 6.69. The number of rotatable bonds is 8. The quantitative estimate of drug-likeness (QED) is 0.369. The van der Waals surface area contributed by atoms with Gasteiger partial charge in [0.05, 0.1) is 11.6 Å². The number of nitrogens with zero attached hydrogens (tertiary/aromatic N) is 4. The van der Waals surface area contributed by atoms with Crippen molar-refractivity contribution in [2.45, 2.75) is 38.5 Å². The number of carbonyl (C=O) groups is 2. The zero-order valence-electron chi connectivity index (χ0n) is 20.8. The zero-order chi connectivity index (χ0) is 26.1. The van der Waals surface area contributed by atoms with Gasteiger partial charge in [0, 0.05) is 29.8 Å². The fourth-order valence-electron chi connectivity index (χ4n) is 4.85. The first-order chi connectivity index (χ1) is 18.6. The van der Waals surface area contributed by atoms with Crippen molar-refractivity contribution in [1.29, 1.82) is 0 Å². The number of carbonyl (C=O) groups excluding carboxylic acids is 2. The second-order valence-corrected chi connectivity index (χ2v) is 10.2. The van der Waals surface area contributed by atoms with Crippen LogP contribution in [-0.2, 0) is 20.9 Å². The van der Waals surface area contributed by atoms with Crippen molar-refractivity contribution in [2.75, 3.05) is 24.8 Å². The van der Waals surface area contributed by atoms with E-state index in [9.17, 15) is 9.59 Å². The number of benzene rings is 2. The van der Waals surface area contributed by atoms with E-state index < -0.39 is 6.04 Å². The van der Waals surface area contributed by atoms with Crippen LogP contribution >= 0.6 is 11.3 Å². The fraction of sp³-hybridized carbons (Fsp3) is 0.333. The van der Waals surface area contributed by atoms with Crippen LogP contribution in [0.25, 0.3) is 11.0 Å². The topological polar surface area (TPSA) is 108 Å². The lowest BCUT2D eigenvalue weighted by Crippen LogP contribution is -2.46. The summed E-state index contributed by atoms with van der Waals surface area (Å²) in [5.74, 6) is 0.521. The summed E-state index contributed by atoms with van der Waals surface area (Å²) >= 11 is 1.44. The zero-order valence-corrected chi connectivity index (χ0v) is 21.6. The maximum atomic E-state index is 14.1. The largest absolute Gasteiger partial charge is 0.454 e. The number of ether oxygens (including phenoxy) is 3. The molecule has 0 saturated carbocycles. The molecule has 4 aromatic rings. The first kappa shape index (κ1) is 24.4. The van der Waals surface area contributed by atoms with Gasteiger partial charge in [0.15, 0.2) is 17.5 Å². The Morgan fingerprint density at radius 1 is 1.18 bits per heavy atom. The van der Waals surface area contributed by atoms with E-state index in [1.165, 1.54) is 16.2 Å². The number of aryl methyl sites for hydroxylation is 1. The van der Waals surface area contributed by atoms with E-state index in [1.54, 1.807) is 22.9 Å². The Hall–Kier alpha value is -3.96. The van der Waals surface area contributed by atoms with Crippen molar-refractivity contribution in [3.05, 3.63) is 64.4 Å². The van der Waals surface area contributed by atoms with Crippen molar-refractivity contribution in [1.82, 2.24) is 20.3 Å². The number of anilines is 1. The lowest BCUT2D eigenvalue weighted by Gasteiger charge is -2.31. The van der Waals surface area contributed by atoms with Crippen molar-refractivity contribution in [3.8, 4) is 11.5 Å². The van der Waals surface area contributed by atoms with Crippen LogP contribution in [0.1, 0.15) is 29.3 Å². The normalized spacial score (nSPS) is 17.0. The highest BCUT2D eigenvalue weighted by molar-refractivity contribution is 7.10. The predicted molar refractivity (Wildman–Crippen MR) is 141 cm³/mol. The third kappa shape index (κ3) is 4.70. The van der Waals surface area contributed by atoms with E-state index in [1.807, 2.05) is 42.6 Å². The number of hydrogen-bond donors (Lipinski definition) is 1. The average molecular weight is 534 g/mol. The summed E-state index contributed by atoms with van der Waals surface area (Å²) in [5, 5.41) is 13.4. The smallest absolute Gasteiger partial charge is 0.249 e. The van der Waals surface area contributed by atoms with E-state index in [4.69, 9.17) is 14.2 Å². The van der Waals surface area contributed by atoms with Gasteiger partial charge in [-0.2, -0.15) is 0 Å². The minimum atomic E-state index is -0.904. The van der Waals surface area contributed by atoms with Gasteiger partial charge in [-0.1, -0.05) is 17.3 Å². The van der Waals surface area contributed by atoms with Crippen LogP contribution in [0.4, 0.5) is 5.69 Å². The molecule has 6 rings (SSSR count). The van der Waals surface area contributed by atoms with Crippen LogP contribution in [0.5, 0.6) is 11.5 Å². The lowest BCUT2D eigenvalue weighted by molar-refractivity contribution is -0.127. The van der Waals surface area contributed by atoms with Gasteiger partial charge in [0.2, 0.25) is 18.6 Å². The molecule has 11 heteroatoms. The van der Waals surface area contributed by atoms with E-state index in [2.05, 4.69) is 15.6 Å². The predicted octanol–water partition coefficient (Wildman–Crippen LogP) is 3.60. The molecule has 2 aromatic heterocycles. The van der Waals surface area contributed by atoms with E-state index >= 15 is 0 Å². The number of thiophene rings is 1. The number of para-hydroxylation sites is 1. The highest BCUT2D eigenvalue weighted by atomic mass is 32.1. The third-order valence-electron chi connectivity index (χ3n) is 6.79. The van der Waals surface area contributed by atoms with Crippen LogP contribution in [0.3, 0.4) is 0 Å². The van der Waals surface area contributed by atoms with Gasteiger partial charge in [0.1, 0.15) is 12.1 Å². The van der Waals surface area contributed by atoms with Gasteiger partial charge in [-0.25, -0.2) is 4.68 Å². The standard InChI is InChI=1S/C27H27N5O5S/c1-17-10-12-38-26(17)25(27(34)28-14-19-5-4-11-35-19)32(18-8-9-22-23(13-18)37-16-36-22)24(33)15-31-21-7-3-2-6-20(21)29-30-31/h2-3,6-10,12-13,19,25H,4-5,11,14-16H2,1H3,(H,28,34). The molecule has 0 bridgehead atoms. The van der Waals surface area contributed by atoms with E-state index in [-0.39, 0.29) is 31.3 Å². The highest BCUT2D eigenvalue weighted by Gasteiger charge is 2.36. The summed E-state index contributed by atoms with van der Waals surface area (Å²) in [4.78, 5) is 30.3. The molecule has 2 atom stereocenters. The summed E-state index contributed by atoms with van der Waals surface area (Å²) < 4.78 is 18.3. The molecule has 0 aliphatic carbocycles. The Balaban J connectivity index is 1.39. The minimum absolute atomic E-state index is 0.0276. The lowest BCUT2D eigenvalue weighted by atomic mass is 10.1. The summed E-state index contributed by atoms with van der Waals surface area (Å²) in [7, 11) is 0. The second kappa shape index (κ2) is 10.4. The van der Waals surface area contributed by atoms with Crippen molar-refractivity contribution in [2.24, 2.45) is 0 Å². The van der Waals surface area contributed by atoms with E-state index in [0.29, 0.717) is 35.9 Å². The molecule has 0 spiro atoms. The fourth-order valence-corrected chi connectivity index (χ4v) is 5.86. The van der Waals surface area contributed by atoms with Gasteiger partial charge in [-0.15, -0.1) is 16.4 Å². The second-order valence-electron chi connectivity index (χ2n) is 9.29. The van der Waals surface area contributed by atoms with Crippen LogP contribution in [0.2, 0.25) is 0 Å². The SMILES string of the molecule is Cc1ccsc1C(C(=O)NCC1CCCO1)N(C(=O)Cn1nnc2ccccc21)c1ccc2c(c1)OCO2. The monoisotopic (exact) mass is 533 g/mol. The molecule has 4 heterocycles. The van der Waals surface area contributed by atoms with Crippen LogP contribution < -0.4 is 19.7 Å². The molecular formula is C27H27N5O5S. The molecular weight excluding hydrogens is 506 g/mol. The van der Waals surface area contributed by atoms with Gasteiger partial charge in [-0.3, -0.25) is 14.5 Å². The number of amides is 2. The molecule has 1 saturated heterocycles. The van der Waals surface area contributed by atoms with Crippen molar-refractivity contribution < 1.29 is 23.8 Å². The number of hydrogen-bond acceptors (Lipinski definition) is 8. The molecule has 1 N–H and O–H groups in total. The summed E-state index contributed by atoms with van der Waals surface area (Å²) in [5.41, 5.74) is 2.87. The maximum absolute atomic E-state index is 14.1. The van der Waals surface area contributed by atoms with E-state index in [0.717, 1.165) is 28.8 Å². The Bertz CT molecular complexity index is 1480. The Morgan fingerprint density at radius 3 is 2.87 bits per heavy atom. The van der Waals surface area contributed by atoms with Crippen molar-refractivity contribution in [3.63, 3.8) is 0 Å². The maximum Gasteiger partial charge on any atom is 0.249 e. The molecule has 38 heavy (non-hydrogen) atoms. The third-order valence-corrected chi connectivity index (χ3v) is 7.86. The molecule has 1 fully saturated rings. The number of fused-ring (bicyclic) bond motifs is 2. The molecule has 2 aliphatic rings. The summed E-state index contributed by atoms with van der Waals surface area (Å²) in [6.07, 6.45) is 1.84. The number of nitrogens with one attached hydrogen (secondary N) is 1. The van der Waals surface area contributed by atoms with Crippen molar-refractivity contribution >= 4 is 39.9 Å². The molecule has 10 nitrogen and oxygen atoms in total. The summed E-state index contributed by atoms with van der Waals surface area (Å²) in [6, 6.07) is 13.8. The molecule has 2 aliphatic heterocycles. The van der Waals surface area contributed by atoms with Crippen LogP contribution in [0, 0.1) is 6.92 Å². The molecule has 2 amide bonds. The number of aromatic nitrogens is 3. The first-order valence-electron chi connectivity index (χ1n) is 12.5.